The van der Waals surface area contributed by atoms with E-state index in [0.29, 0.717) is 17.3 Å². The first-order valence-electron chi connectivity index (χ1n) is 4.63. The summed E-state index contributed by atoms with van der Waals surface area (Å²) in [5, 5.41) is 8.57. The van der Waals surface area contributed by atoms with Gasteiger partial charge in [0, 0.05) is 16.2 Å². The molecule has 2 rings (SSSR count). The number of ether oxygens (including phenoxy) is 1. The Balaban J connectivity index is 2.22. The highest BCUT2D eigenvalue weighted by Crippen LogP contribution is 2.26. The van der Waals surface area contributed by atoms with Crippen LogP contribution in [-0.2, 0) is 0 Å². The Hall–Kier alpha value is -2.13. The molecule has 1 heterocycles. The van der Waals surface area contributed by atoms with Crippen molar-refractivity contribution in [3.8, 4) is 17.7 Å². The highest BCUT2D eigenvalue weighted by Gasteiger charge is 2.02. The molecule has 17 heavy (non-hydrogen) atoms. The van der Waals surface area contributed by atoms with Crippen LogP contribution in [0.15, 0.2) is 35.1 Å². The predicted molar refractivity (Wildman–Crippen MR) is 65.4 cm³/mol. The third kappa shape index (κ3) is 2.92. The van der Waals surface area contributed by atoms with Gasteiger partial charge in [-0.2, -0.15) is 5.26 Å². The SMILES string of the molecule is N#Cc1cnc(Oc2cc(N)cc(Br)c2)cn1. The van der Waals surface area contributed by atoms with Gasteiger partial charge in [-0.1, -0.05) is 15.9 Å². The normalized spacial score (nSPS) is 9.65. The van der Waals surface area contributed by atoms with Crippen LogP contribution >= 0.6 is 15.9 Å². The van der Waals surface area contributed by atoms with Crippen LogP contribution in [0.25, 0.3) is 0 Å². The first-order valence-corrected chi connectivity index (χ1v) is 5.43. The number of hydrogen-bond acceptors (Lipinski definition) is 5. The fourth-order valence-electron chi connectivity index (χ4n) is 1.19. The van der Waals surface area contributed by atoms with Crippen LogP contribution in [0.1, 0.15) is 5.69 Å². The summed E-state index contributed by atoms with van der Waals surface area (Å²) in [5.41, 5.74) is 6.49. The Morgan fingerprint density at radius 3 is 2.65 bits per heavy atom. The lowest BCUT2D eigenvalue weighted by atomic mass is 10.3. The minimum Gasteiger partial charge on any atom is -0.437 e. The Morgan fingerprint density at radius 2 is 2.06 bits per heavy atom. The molecule has 5 nitrogen and oxygen atoms in total. The summed E-state index contributed by atoms with van der Waals surface area (Å²) in [6, 6.07) is 7.07. The van der Waals surface area contributed by atoms with E-state index in [0.717, 1.165) is 4.47 Å². The first-order chi connectivity index (χ1) is 8.17. The van der Waals surface area contributed by atoms with Gasteiger partial charge < -0.3 is 10.5 Å². The number of hydrogen-bond donors (Lipinski definition) is 1. The fourth-order valence-corrected chi connectivity index (χ4v) is 1.68. The van der Waals surface area contributed by atoms with Gasteiger partial charge in [0.1, 0.15) is 11.8 Å². The molecule has 2 aromatic rings. The highest BCUT2D eigenvalue weighted by molar-refractivity contribution is 9.10. The van der Waals surface area contributed by atoms with Crippen molar-refractivity contribution in [3.05, 3.63) is 40.8 Å². The molecular weight excluding hydrogens is 284 g/mol. The highest BCUT2D eigenvalue weighted by atomic mass is 79.9. The molecule has 6 heteroatoms. The maximum absolute atomic E-state index is 8.57. The van der Waals surface area contributed by atoms with E-state index in [4.69, 9.17) is 15.7 Å². The second-order valence-corrected chi connectivity index (χ2v) is 4.09. The topological polar surface area (TPSA) is 84.8 Å². The van der Waals surface area contributed by atoms with Gasteiger partial charge in [-0.25, -0.2) is 9.97 Å². The van der Waals surface area contributed by atoms with Gasteiger partial charge in [-0.15, -0.1) is 0 Å². The van der Waals surface area contributed by atoms with Gasteiger partial charge in [0.15, 0.2) is 5.69 Å². The lowest BCUT2D eigenvalue weighted by Crippen LogP contribution is -1.92. The van der Waals surface area contributed by atoms with Crippen LogP contribution in [0.2, 0.25) is 0 Å². The Labute approximate surface area is 106 Å². The van der Waals surface area contributed by atoms with Crippen LogP contribution in [0.3, 0.4) is 0 Å². The molecule has 0 amide bonds. The smallest absolute Gasteiger partial charge is 0.237 e. The van der Waals surface area contributed by atoms with E-state index in [2.05, 4.69) is 25.9 Å². The molecule has 0 atom stereocenters. The van der Waals surface area contributed by atoms with Crippen molar-refractivity contribution < 1.29 is 4.74 Å². The molecule has 0 aliphatic carbocycles. The van der Waals surface area contributed by atoms with Crippen molar-refractivity contribution in [1.82, 2.24) is 9.97 Å². The van der Waals surface area contributed by atoms with Gasteiger partial charge in [0.25, 0.3) is 0 Å². The van der Waals surface area contributed by atoms with E-state index < -0.39 is 0 Å². The van der Waals surface area contributed by atoms with E-state index in [-0.39, 0.29) is 5.69 Å². The summed E-state index contributed by atoms with van der Waals surface area (Å²) in [6.45, 7) is 0. The minimum atomic E-state index is 0.242. The Bertz CT molecular complexity index is 557. The monoisotopic (exact) mass is 290 g/mol. The number of rotatable bonds is 2. The summed E-state index contributed by atoms with van der Waals surface area (Å²) >= 11 is 3.31. The molecule has 0 aliphatic rings. The number of halogens is 1. The second kappa shape index (κ2) is 4.80. The number of anilines is 1. The summed E-state index contributed by atoms with van der Waals surface area (Å²) < 4.78 is 6.26. The van der Waals surface area contributed by atoms with Crippen molar-refractivity contribution in [1.29, 1.82) is 5.26 Å². The zero-order chi connectivity index (χ0) is 12.3. The molecule has 2 N–H and O–H groups in total. The zero-order valence-electron chi connectivity index (χ0n) is 8.59. The largest absolute Gasteiger partial charge is 0.437 e. The minimum absolute atomic E-state index is 0.242. The lowest BCUT2D eigenvalue weighted by molar-refractivity contribution is 0.460. The van der Waals surface area contributed by atoms with E-state index in [1.165, 1.54) is 12.4 Å². The number of nitrogens with two attached hydrogens (primary N) is 1. The third-order valence-corrected chi connectivity index (χ3v) is 2.32. The van der Waals surface area contributed by atoms with Crippen LogP contribution in [0.4, 0.5) is 5.69 Å². The van der Waals surface area contributed by atoms with E-state index in [1.54, 1.807) is 18.2 Å². The molecule has 0 saturated carbocycles. The molecule has 1 aromatic heterocycles. The quantitative estimate of drug-likeness (QED) is 0.859. The number of nitrogen functional groups attached to an aromatic ring is 1. The van der Waals surface area contributed by atoms with Crippen LogP contribution in [-0.4, -0.2) is 9.97 Å². The van der Waals surface area contributed by atoms with Crippen molar-refractivity contribution in [3.63, 3.8) is 0 Å². The third-order valence-electron chi connectivity index (χ3n) is 1.86. The first kappa shape index (κ1) is 11.4. The molecule has 84 valence electrons. The van der Waals surface area contributed by atoms with Crippen LogP contribution in [0, 0.1) is 11.3 Å². The van der Waals surface area contributed by atoms with Crippen molar-refractivity contribution in [2.24, 2.45) is 0 Å². The molecule has 0 unspecified atom stereocenters. The molecule has 0 bridgehead atoms. The van der Waals surface area contributed by atoms with Crippen LogP contribution in [0.5, 0.6) is 11.6 Å². The molecule has 1 aromatic carbocycles. The Morgan fingerprint density at radius 1 is 1.24 bits per heavy atom. The van der Waals surface area contributed by atoms with Crippen molar-refractivity contribution in [2.75, 3.05) is 5.73 Å². The maximum Gasteiger partial charge on any atom is 0.237 e. The number of aromatic nitrogens is 2. The standard InChI is InChI=1S/C11H7BrN4O/c12-7-1-8(14)3-10(2-7)17-11-6-15-9(4-13)5-16-11/h1-3,5-6H,14H2. The van der Waals surface area contributed by atoms with Gasteiger partial charge in [-0.3, -0.25) is 0 Å². The van der Waals surface area contributed by atoms with Crippen LogP contribution < -0.4 is 10.5 Å². The predicted octanol–water partition coefficient (Wildman–Crippen LogP) is 2.49. The molecule has 0 spiro atoms. The maximum atomic E-state index is 8.57. The van der Waals surface area contributed by atoms with Gasteiger partial charge in [0.2, 0.25) is 5.88 Å². The van der Waals surface area contributed by atoms with E-state index >= 15 is 0 Å². The summed E-state index contributed by atoms with van der Waals surface area (Å²) in [4.78, 5) is 7.79. The molecule has 0 radical (unpaired) electrons. The van der Waals surface area contributed by atoms with Gasteiger partial charge in [0.05, 0.1) is 12.4 Å². The fraction of sp³-hybridized carbons (Fsp3) is 0. The van der Waals surface area contributed by atoms with Crippen molar-refractivity contribution in [2.45, 2.75) is 0 Å². The Kier molecular flexibility index (Phi) is 3.21. The molecule has 0 saturated heterocycles. The number of nitriles is 1. The average Bonchev–Trinajstić information content (AvgIpc) is 2.28. The number of nitrogens with zero attached hydrogens (tertiary/aromatic N) is 3. The second-order valence-electron chi connectivity index (χ2n) is 3.17. The average molecular weight is 291 g/mol. The summed E-state index contributed by atoms with van der Waals surface area (Å²) in [6.07, 6.45) is 2.73. The van der Waals surface area contributed by atoms with Crippen molar-refractivity contribution >= 4 is 21.6 Å². The molecule has 0 aliphatic heterocycles. The summed E-state index contributed by atoms with van der Waals surface area (Å²) in [5.74, 6) is 0.859. The van der Waals surface area contributed by atoms with E-state index in [9.17, 15) is 0 Å². The molecule has 0 fully saturated rings. The van der Waals surface area contributed by atoms with E-state index in [1.807, 2.05) is 6.07 Å². The zero-order valence-corrected chi connectivity index (χ0v) is 10.2. The van der Waals surface area contributed by atoms with Gasteiger partial charge >= 0.3 is 0 Å². The lowest BCUT2D eigenvalue weighted by Gasteiger charge is -2.05. The molecular formula is C11H7BrN4O. The van der Waals surface area contributed by atoms with Gasteiger partial charge in [-0.05, 0) is 12.1 Å². The summed E-state index contributed by atoms with van der Waals surface area (Å²) in [7, 11) is 0. The number of benzene rings is 1.